The molecular formula is C6H14FN2+. The first-order chi connectivity index (χ1) is 4.00. The van der Waals surface area contributed by atoms with Crippen LogP contribution in [-0.2, 0) is 0 Å². The molecule has 54 valence electrons. The Morgan fingerprint density at radius 3 is 1.89 bits per heavy atom. The second kappa shape index (κ2) is 1.92. The van der Waals surface area contributed by atoms with Crippen LogP contribution in [0, 0.1) is 0 Å². The van der Waals surface area contributed by atoms with Crippen LogP contribution in [0.4, 0.5) is 4.39 Å². The zero-order valence-corrected chi connectivity index (χ0v) is 6.26. The fourth-order valence-electron chi connectivity index (χ4n) is 0.894. The predicted molar refractivity (Wildman–Crippen MR) is 34.5 cm³/mol. The van der Waals surface area contributed by atoms with E-state index in [0.717, 1.165) is 4.59 Å². The van der Waals surface area contributed by atoms with Gasteiger partial charge in [0.1, 0.15) is 6.17 Å². The van der Waals surface area contributed by atoms with Crippen LogP contribution in [0.5, 0.6) is 0 Å². The van der Waals surface area contributed by atoms with E-state index in [1.54, 1.807) is 0 Å². The number of quaternary nitrogens is 1. The molecule has 0 radical (unpaired) electrons. The molecule has 2 nitrogen and oxygen atoms in total. The zero-order chi connectivity index (χ0) is 7.07. The summed E-state index contributed by atoms with van der Waals surface area (Å²) in [5, 5.41) is 2.07. The summed E-state index contributed by atoms with van der Waals surface area (Å²) in [6, 6.07) is 0. The molecule has 0 aromatic rings. The van der Waals surface area contributed by atoms with Gasteiger partial charge in [0, 0.05) is 0 Å². The van der Waals surface area contributed by atoms with Crippen molar-refractivity contribution in [2.45, 2.75) is 6.17 Å². The predicted octanol–water partition coefficient (Wildman–Crippen LogP) is 0.261. The van der Waals surface area contributed by atoms with Crippen molar-refractivity contribution in [1.29, 1.82) is 0 Å². The Morgan fingerprint density at radius 1 is 1.33 bits per heavy atom. The molecule has 0 spiro atoms. The highest BCUT2D eigenvalue weighted by atomic mass is 19.1. The topological polar surface area (TPSA) is 3.24 Å². The Hall–Kier alpha value is -0.150. The van der Waals surface area contributed by atoms with Gasteiger partial charge in [0.2, 0.25) is 0 Å². The van der Waals surface area contributed by atoms with Crippen LogP contribution in [0.1, 0.15) is 0 Å². The lowest BCUT2D eigenvalue weighted by Crippen LogP contribution is -2.63. The summed E-state index contributed by atoms with van der Waals surface area (Å²) in [5.41, 5.74) is 0. The molecule has 1 aliphatic rings. The van der Waals surface area contributed by atoms with Crippen molar-refractivity contribution in [3.63, 3.8) is 0 Å². The highest BCUT2D eigenvalue weighted by Gasteiger charge is 2.35. The van der Waals surface area contributed by atoms with Crippen molar-refractivity contribution >= 4 is 0 Å². The lowest BCUT2D eigenvalue weighted by Gasteiger charge is -2.43. The van der Waals surface area contributed by atoms with Crippen LogP contribution >= 0.6 is 0 Å². The Labute approximate surface area is 55.4 Å². The molecule has 1 fully saturated rings. The molecule has 1 saturated heterocycles. The molecule has 0 aromatic heterocycles. The van der Waals surface area contributed by atoms with Crippen LogP contribution in [0.15, 0.2) is 0 Å². The number of hydrogen-bond donors (Lipinski definition) is 0. The molecule has 9 heavy (non-hydrogen) atoms. The second-order valence-electron chi connectivity index (χ2n) is 3.41. The first-order valence-electron chi connectivity index (χ1n) is 3.21. The van der Waals surface area contributed by atoms with Crippen LogP contribution < -0.4 is 0 Å². The summed E-state index contributed by atoms with van der Waals surface area (Å²) in [6.45, 7) is 1.20. The molecule has 0 atom stereocenters. The summed E-state index contributed by atoms with van der Waals surface area (Å²) in [4.78, 5) is 0. The first-order valence-corrected chi connectivity index (χ1v) is 3.21. The molecule has 0 aromatic carbocycles. The Balaban J connectivity index is 2.32. The smallest absolute Gasteiger partial charge is 0.136 e. The largest absolute Gasteiger partial charge is 0.250 e. The molecule has 0 saturated carbocycles. The van der Waals surface area contributed by atoms with Crippen LogP contribution in [0.2, 0.25) is 0 Å². The van der Waals surface area contributed by atoms with E-state index in [4.69, 9.17) is 0 Å². The van der Waals surface area contributed by atoms with Gasteiger partial charge in [-0.3, -0.25) is 4.59 Å². The van der Waals surface area contributed by atoms with Crippen LogP contribution in [0.3, 0.4) is 0 Å². The van der Waals surface area contributed by atoms with Gasteiger partial charge in [0.05, 0.1) is 34.2 Å². The highest BCUT2D eigenvalue weighted by Crippen LogP contribution is 2.15. The summed E-state index contributed by atoms with van der Waals surface area (Å²) >= 11 is 0. The Bertz CT molecular complexity index is 102. The summed E-state index contributed by atoms with van der Waals surface area (Å²) < 4.78 is 13.0. The minimum Gasteiger partial charge on any atom is -0.250 e. The molecule has 0 amide bonds. The number of rotatable bonds is 1. The van der Waals surface area contributed by atoms with E-state index in [2.05, 4.69) is 5.01 Å². The average Bonchev–Trinajstić information content (AvgIpc) is 1.55. The van der Waals surface area contributed by atoms with Gasteiger partial charge in [-0.25, -0.2) is 4.39 Å². The maximum atomic E-state index is 12.2. The van der Waals surface area contributed by atoms with Crippen molar-refractivity contribution in [3.8, 4) is 0 Å². The fraction of sp³-hybridized carbons (Fsp3) is 1.00. The van der Waals surface area contributed by atoms with Gasteiger partial charge in [0.25, 0.3) is 0 Å². The lowest BCUT2D eigenvalue weighted by atomic mass is 10.2. The quantitative estimate of drug-likeness (QED) is 0.464. The zero-order valence-electron chi connectivity index (χ0n) is 6.26. The van der Waals surface area contributed by atoms with Gasteiger partial charge in [-0.2, -0.15) is 0 Å². The normalized spacial score (nSPS) is 24.0. The number of hydrogen-bond acceptors (Lipinski definition) is 1. The number of alkyl halides is 1. The molecule has 3 heteroatoms. The van der Waals surface area contributed by atoms with Gasteiger partial charge < -0.3 is 0 Å². The van der Waals surface area contributed by atoms with Gasteiger partial charge in [0.15, 0.2) is 0 Å². The average molecular weight is 133 g/mol. The summed E-state index contributed by atoms with van der Waals surface area (Å²) in [6.07, 6.45) is -0.581. The van der Waals surface area contributed by atoms with E-state index in [0.29, 0.717) is 13.1 Å². The van der Waals surface area contributed by atoms with Gasteiger partial charge in [-0.05, 0) is 0 Å². The van der Waals surface area contributed by atoms with Crippen LogP contribution in [-0.4, -0.2) is 50.0 Å². The van der Waals surface area contributed by atoms with E-state index in [-0.39, 0.29) is 0 Å². The number of halogens is 1. The number of nitrogens with zero attached hydrogens (tertiary/aromatic N) is 2. The van der Waals surface area contributed by atoms with Gasteiger partial charge >= 0.3 is 0 Å². The monoisotopic (exact) mass is 133 g/mol. The maximum absolute atomic E-state index is 12.2. The molecule has 0 aliphatic carbocycles. The third kappa shape index (κ3) is 1.40. The first kappa shape index (κ1) is 6.96. The van der Waals surface area contributed by atoms with Crippen molar-refractivity contribution < 1.29 is 8.98 Å². The van der Waals surface area contributed by atoms with Crippen molar-refractivity contribution in [2.75, 3.05) is 34.2 Å². The molecule has 1 aliphatic heterocycles. The van der Waals surface area contributed by atoms with E-state index in [1.165, 1.54) is 0 Å². The standard InChI is InChI=1S/C6H14FN2/c1-9(2,3)8-4-6(7)5-8/h6H,4-5H2,1-3H3/q+1. The van der Waals surface area contributed by atoms with Crippen LogP contribution in [0.25, 0.3) is 0 Å². The molecular weight excluding hydrogens is 119 g/mol. The molecule has 0 unspecified atom stereocenters. The third-order valence-electron chi connectivity index (χ3n) is 1.67. The minimum atomic E-state index is -0.581. The maximum Gasteiger partial charge on any atom is 0.136 e. The van der Waals surface area contributed by atoms with Gasteiger partial charge in [-0.1, -0.05) is 0 Å². The van der Waals surface area contributed by atoms with Crippen molar-refractivity contribution in [3.05, 3.63) is 0 Å². The SMILES string of the molecule is C[N+](C)(C)N1CC(F)C1. The van der Waals surface area contributed by atoms with E-state index >= 15 is 0 Å². The summed E-state index contributed by atoms with van der Waals surface area (Å²) in [5.74, 6) is 0. The van der Waals surface area contributed by atoms with E-state index in [1.807, 2.05) is 21.1 Å². The Morgan fingerprint density at radius 2 is 1.78 bits per heavy atom. The lowest BCUT2D eigenvalue weighted by molar-refractivity contribution is -0.994. The van der Waals surface area contributed by atoms with Gasteiger partial charge in [-0.15, -0.1) is 5.01 Å². The molecule has 1 heterocycles. The highest BCUT2D eigenvalue weighted by molar-refractivity contribution is 4.72. The van der Waals surface area contributed by atoms with Crippen molar-refractivity contribution in [1.82, 2.24) is 5.01 Å². The molecule has 1 rings (SSSR count). The molecule has 0 N–H and O–H groups in total. The second-order valence-corrected chi connectivity index (χ2v) is 3.41. The third-order valence-corrected chi connectivity index (χ3v) is 1.67. The van der Waals surface area contributed by atoms with Crippen molar-refractivity contribution in [2.24, 2.45) is 0 Å². The molecule has 0 bridgehead atoms. The Kier molecular flexibility index (Phi) is 1.49. The summed E-state index contributed by atoms with van der Waals surface area (Å²) in [7, 11) is 6.14. The van der Waals surface area contributed by atoms with E-state index < -0.39 is 6.17 Å². The fourth-order valence-corrected chi connectivity index (χ4v) is 0.894. The minimum absolute atomic E-state index is 0.581. The van der Waals surface area contributed by atoms with E-state index in [9.17, 15) is 4.39 Å².